The molecular weight excluding hydrogens is 252 g/mol. The minimum absolute atomic E-state index is 0.257. The molecule has 1 fully saturated rings. The Hall–Kier alpha value is -0.900. The van der Waals surface area contributed by atoms with Gasteiger partial charge in [-0.15, -0.1) is 0 Å². The minimum atomic E-state index is -0.431. The van der Waals surface area contributed by atoms with E-state index in [9.17, 15) is 0 Å². The molecule has 1 saturated heterocycles. The van der Waals surface area contributed by atoms with Crippen LogP contribution in [0, 0.1) is 5.92 Å². The van der Waals surface area contributed by atoms with Gasteiger partial charge >= 0.3 is 0 Å². The average Bonchev–Trinajstić information content (AvgIpc) is 2.41. The molecular formula is C17H26O3. The van der Waals surface area contributed by atoms with Crippen LogP contribution in [0.1, 0.15) is 39.2 Å². The number of benzene rings is 1. The van der Waals surface area contributed by atoms with Crippen LogP contribution in [0.5, 0.6) is 0 Å². The second kappa shape index (κ2) is 7.21. The van der Waals surface area contributed by atoms with E-state index in [-0.39, 0.29) is 6.10 Å². The molecule has 0 saturated carbocycles. The zero-order chi connectivity index (χ0) is 14.4. The third-order valence-corrected chi connectivity index (χ3v) is 3.75. The smallest absolute Gasteiger partial charge is 0.163 e. The number of rotatable bonds is 6. The highest BCUT2D eigenvalue weighted by atomic mass is 16.7. The van der Waals surface area contributed by atoms with Gasteiger partial charge in [0, 0.05) is 12.5 Å². The number of ether oxygens (including phenoxy) is 3. The molecule has 1 aromatic rings. The third-order valence-electron chi connectivity index (χ3n) is 3.75. The van der Waals surface area contributed by atoms with Gasteiger partial charge in [0.25, 0.3) is 0 Å². The summed E-state index contributed by atoms with van der Waals surface area (Å²) in [5, 5.41) is 0. The van der Waals surface area contributed by atoms with Gasteiger partial charge in [0.2, 0.25) is 0 Å². The van der Waals surface area contributed by atoms with Crippen molar-refractivity contribution >= 4 is 0 Å². The highest BCUT2D eigenvalue weighted by Gasteiger charge is 2.33. The van der Waals surface area contributed by atoms with Crippen molar-refractivity contribution in [1.29, 1.82) is 0 Å². The van der Waals surface area contributed by atoms with Crippen molar-refractivity contribution in [1.82, 2.24) is 0 Å². The molecule has 1 aliphatic heterocycles. The van der Waals surface area contributed by atoms with Crippen molar-refractivity contribution < 1.29 is 14.2 Å². The van der Waals surface area contributed by atoms with Crippen LogP contribution >= 0.6 is 0 Å². The molecule has 0 aliphatic carbocycles. The summed E-state index contributed by atoms with van der Waals surface area (Å²) < 4.78 is 17.3. The summed E-state index contributed by atoms with van der Waals surface area (Å²) in [5.74, 6) is 0.0445. The fraction of sp³-hybridized carbons (Fsp3) is 0.647. The molecule has 0 aromatic heterocycles. The van der Waals surface area contributed by atoms with E-state index >= 15 is 0 Å². The topological polar surface area (TPSA) is 27.7 Å². The largest absolute Gasteiger partial charge is 0.377 e. The lowest BCUT2D eigenvalue weighted by molar-refractivity contribution is -0.289. The molecule has 0 unspecified atom stereocenters. The van der Waals surface area contributed by atoms with Crippen molar-refractivity contribution in [2.45, 2.75) is 52.1 Å². The van der Waals surface area contributed by atoms with E-state index < -0.39 is 5.79 Å². The quantitative estimate of drug-likeness (QED) is 0.741. The highest BCUT2D eigenvalue weighted by molar-refractivity contribution is 5.13. The van der Waals surface area contributed by atoms with Gasteiger partial charge in [-0.3, -0.25) is 0 Å². The SMILES string of the molecule is C[C@H]1OC(C)(C)OC[C@@H]1CCCOCc1ccccc1. The van der Waals surface area contributed by atoms with Crippen LogP contribution in [0.3, 0.4) is 0 Å². The van der Waals surface area contributed by atoms with Gasteiger partial charge in [-0.1, -0.05) is 30.3 Å². The first-order valence-corrected chi connectivity index (χ1v) is 7.50. The van der Waals surface area contributed by atoms with Gasteiger partial charge in [0.05, 0.1) is 19.3 Å². The van der Waals surface area contributed by atoms with E-state index in [0.29, 0.717) is 12.5 Å². The summed E-state index contributed by atoms with van der Waals surface area (Å²) in [6.07, 6.45) is 2.40. The second-order valence-electron chi connectivity index (χ2n) is 5.97. The van der Waals surface area contributed by atoms with E-state index in [1.807, 2.05) is 32.0 Å². The van der Waals surface area contributed by atoms with Crippen molar-refractivity contribution in [3.8, 4) is 0 Å². The Kier molecular flexibility index (Phi) is 5.58. The van der Waals surface area contributed by atoms with E-state index in [1.165, 1.54) is 5.56 Å². The molecule has 0 amide bonds. The van der Waals surface area contributed by atoms with Gasteiger partial charge in [-0.05, 0) is 39.2 Å². The molecule has 0 radical (unpaired) electrons. The number of hydrogen-bond donors (Lipinski definition) is 0. The van der Waals surface area contributed by atoms with E-state index in [4.69, 9.17) is 14.2 Å². The van der Waals surface area contributed by atoms with Gasteiger partial charge in [0.1, 0.15) is 0 Å². The normalized spacial score (nSPS) is 25.6. The standard InChI is InChI=1S/C17H26O3/c1-14-16(13-19-17(2,3)20-14)10-7-11-18-12-15-8-5-4-6-9-15/h4-6,8-9,14,16H,7,10-13H2,1-3H3/t14-,16+/m1/s1. The zero-order valence-corrected chi connectivity index (χ0v) is 12.8. The first-order valence-electron chi connectivity index (χ1n) is 7.50. The van der Waals surface area contributed by atoms with Gasteiger partial charge in [-0.25, -0.2) is 0 Å². The minimum Gasteiger partial charge on any atom is -0.377 e. The first kappa shape index (κ1) is 15.5. The van der Waals surface area contributed by atoms with Crippen LogP contribution < -0.4 is 0 Å². The Labute approximate surface area is 122 Å². The van der Waals surface area contributed by atoms with Crippen molar-refractivity contribution in [2.24, 2.45) is 5.92 Å². The van der Waals surface area contributed by atoms with E-state index in [2.05, 4.69) is 19.1 Å². The summed E-state index contributed by atoms with van der Waals surface area (Å²) in [6, 6.07) is 10.3. The Balaban J connectivity index is 1.60. The maximum absolute atomic E-state index is 5.85. The van der Waals surface area contributed by atoms with Crippen LogP contribution in [0.2, 0.25) is 0 Å². The Bertz CT molecular complexity index is 388. The summed E-state index contributed by atoms with van der Waals surface area (Å²) in [6.45, 7) is 8.36. The van der Waals surface area contributed by atoms with Crippen molar-refractivity contribution in [2.75, 3.05) is 13.2 Å². The summed E-state index contributed by atoms with van der Waals surface area (Å²) in [4.78, 5) is 0. The van der Waals surface area contributed by atoms with Crippen molar-refractivity contribution in [3.05, 3.63) is 35.9 Å². The Morgan fingerprint density at radius 2 is 2.00 bits per heavy atom. The molecule has 1 heterocycles. The molecule has 1 aliphatic rings. The molecule has 0 bridgehead atoms. The third kappa shape index (κ3) is 4.89. The molecule has 0 spiro atoms. The fourth-order valence-corrected chi connectivity index (χ4v) is 2.55. The van der Waals surface area contributed by atoms with Crippen LogP contribution in [-0.4, -0.2) is 25.1 Å². The van der Waals surface area contributed by atoms with Gasteiger partial charge in [0.15, 0.2) is 5.79 Å². The van der Waals surface area contributed by atoms with Crippen LogP contribution in [0.4, 0.5) is 0 Å². The maximum atomic E-state index is 5.85. The van der Waals surface area contributed by atoms with E-state index in [0.717, 1.165) is 26.1 Å². The Morgan fingerprint density at radius 3 is 2.70 bits per heavy atom. The molecule has 2 atom stereocenters. The second-order valence-corrected chi connectivity index (χ2v) is 5.97. The molecule has 3 heteroatoms. The van der Waals surface area contributed by atoms with Crippen LogP contribution in [0.15, 0.2) is 30.3 Å². The molecule has 3 nitrogen and oxygen atoms in total. The molecule has 1 aromatic carbocycles. The van der Waals surface area contributed by atoms with Gasteiger partial charge < -0.3 is 14.2 Å². The molecule has 112 valence electrons. The maximum Gasteiger partial charge on any atom is 0.163 e. The molecule has 0 N–H and O–H groups in total. The lowest BCUT2D eigenvalue weighted by Gasteiger charge is -2.39. The average molecular weight is 278 g/mol. The monoisotopic (exact) mass is 278 g/mol. The predicted octanol–water partition coefficient (Wildman–Crippen LogP) is 3.77. The summed E-state index contributed by atoms with van der Waals surface area (Å²) >= 11 is 0. The zero-order valence-electron chi connectivity index (χ0n) is 12.8. The predicted molar refractivity (Wildman–Crippen MR) is 79.4 cm³/mol. The first-order chi connectivity index (χ1) is 9.57. The molecule has 20 heavy (non-hydrogen) atoms. The summed E-state index contributed by atoms with van der Waals surface area (Å²) in [5.41, 5.74) is 1.23. The van der Waals surface area contributed by atoms with Crippen LogP contribution in [0.25, 0.3) is 0 Å². The molecule has 2 rings (SSSR count). The summed E-state index contributed by atoms with van der Waals surface area (Å²) in [7, 11) is 0. The van der Waals surface area contributed by atoms with E-state index in [1.54, 1.807) is 0 Å². The Morgan fingerprint density at radius 1 is 1.25 bits per heavy atom. The number of hydrogen-bond acceptors (Lipinski definition) is 3. The lowest BCUT2D eigenvalue weighted by atomic mass is 9.97. The lowest BCUT2D eigenvalue weighted by Crippen LogP contribution is -2.44. The fourth-order valence-electron chi connectivity index (χ4n) is 2.55. The van der Waals surface area contributed by atoms with Crippen molar-refractivity contribution in [3.63, 3.8) is 0 Å². The van der Waals surface area contributed by atoms with Crippen LogP contribution in [-0.2, 0) is 20.8 Å². The highest BCUT2D eigenvalue weighted by Crippen LogP contribution is 2.28. The van der Waals surface area contributed by atoms with Gasteiger partial charge in [-0.2, -0.15) is 0 Å².